The Morgan fingerprint density at radius 3 is 1.89 bits per heavy atom. The van der Waals surface area contributed by atoms with Gasteiger partial charge in [-0.25, -0.2) is 0 Å². The molecule has 3 heteroatoms. The third-order valence-electron chi connectivity index (χ3n) is 0.690. The molecule has 0 aromatic carbocycles. The quantitative estimate of drug-likeness (QED) is 0.545. The van der Waals surface area contributed by atoms with Crippen molar-refractivity contribution < 1.29 is 0 Å². The highest BCUT2D eigenvalue weighted by Gasteiger charge is 1.59. The molecule has 0 aliphatic rings. The van der Waals surface area contributed by atoms with Crippen LogP contribution in [0.2, 0.25) is 0 Å². The van der Waals surface area contributed by atoms with Crippen molar-refractivity contribution in [2.45, 2.75) is 0 Å². The third kappa shape index (κ3) is 2.77. The summed E-state index contributed by atoms with van der Waals surface area (Å²) in [5.74, 6) is 0. The van der Waals surface area contributed by atoms with Crippen molar-refractivity contribution in [3.63, 3.8) is 0 Å². The van der Waals surface area contributed by atoms with E-state index in [0.717, 1.165) is 0 Å². The predicted molar refractivity (Wildman–Crippen MR) is 37.5 cm³/mol. The average Bonchev–Trinajstić information content (AvgIpc) is 2.00. The van der Waals surface area contributed by atoms with E-state index in [-0.39, 0.29) is 0 Å². The Hall–Kier alpha value is -0.960. The van der Waals surface area contributed by atoms with E-state index in [1.165, 1.54) is 0 Å². The fourth-order valence-corrected chi connectivity index (χ4v) is 0.734. The van der Waals surface area contributed by atoms with Gasteiger partial charge < -0.3 is 0 Å². The Balaban J connectivity index is 3.04. The molecule has 0 aliphatic carbocycles. The molecule has 0 amide bonds. The molecule has 0 N–H and O–H groups in total. The first-order chi connectivity index (χ1) is 4.50. The Morgan fingerprint density at radius 1 is 0.778 bits per heavy atom. The van der Waals surface area contributed by atoms with E-state index in [1.54, 1.807) is 36.1 Å². The summed E-state index contributed by atoms with van der Waals surface area (Å²) in [5, 5.41) is 3.78. The Bertz CT molecular complexity index is 133. The van der Waals surface area contributed by atoms with Crippen LogP contribution in [0.1, 0.15) is 0 Å². The second-order valence-corrected chi connectivity index (χ2v) is 2.12. The van der Waals surface area contributed by atoms with Gasteiger partial charge in [0.05, 0.1) is 0 Å². The minimum atomic E-state index is 1.55. The highest BCUT2D eigenvalue weighted by atomic mass is 32.1. The number of hydrogen-bond acceptors (Lipinski definition) is 3. The summed E-state index contributed by atoms with van der Waals surface area (Å²) < 4.78 is 0. The first-order valence-corrected chi connectivity index (χ1v) is 3.45. The van der Waals surface area contributed by atoms with E-state index in [9.17, 15) is 0 Å². The molecule has 2 nitrogen and oxygen atoms in total. The number of aromatic nitrogens is 2. The number of rotatable bonds is 0. The van der Waals surface area contributed by atoms with Gasteiger partial charge in [-0.3, -0.25) is 9.97 Å². The van der Waals surface area contributed by atoms with Gasteiger partial charge in [0.25, 0.3) is 0 Å². The lowest BCUT2D eigenvalue weighted by molar-refractivity contribution is 1.29. The molecule has 0 bridgehead atoms. The second kappa shape index (κ2) is 3.97. The molecular formula is C6H6N2S. The van der Waals surface area contributed by atoms with Crippen LogP contribution in [-0.2, 0) is 0 Å². The number of hydrogen-bond donors (Lipinski definition) is 0. The smallest absolute Gasteiger partial charge is 0.0451 e. The monoisotopic (exact) mass is 138 g/mol. The van der Waals surface area contributed by atoms with Crippen molar-refractivity contribution in [3.8, 4) is 0 Å². The molecule has 0 unspecified atom stereocenters. The van der Waals surface area contributed by atoms with Gasteiger partial charge >= 0.3 is 0 Å². The van der Waals surface area contributed by atoms with Crippen molar-refractivity contribution in [1.29, 1.82) is 0 Å². The van der Waals surface area contributed by atoms with Gasteiger partial charge in [-0.2, -0.15) is 0 Å². The summed E-state index contributed by atoms with van der Waals surface area (Å²) in [5.41, 5.74) is 0. The Kier molecular flexibility index (Phi) is 2.72. The third-order valence-corrected chi connectivity index (χ3v) is 1.25. The van der Waals surface area contributed by atoms with Crippen molar-refractivity contribution in [1.82, 2.24) is 9.97 Å². The zero-order chi connectivity index (χ0) is 6.36. The van der Waals surface area contributed by atoms with E-state index < -0.39 is 0 Å². The van der Waals surface area contributed by atoms with Gasteiger partial charge in [-0.05, 0) is 0 Å². The van der Waals surface area contributed by atoms with Crippen LogP contribution in [0.15, 0.2) is 35.5 Å². The van der Waals surface area contributed by atoms with Gasteiger partial charge in [0, 0.05) is 35.5 Å². The SMILES string of the molecule is c1cnccsccn1. The Morgan fingerprint density at radius 2 is 1.33 bits per heavy atom. The van der Waals surface area contributed by atoms with Crippen molar-refractivity contribution in [2.75, 3.05) is 0 Å². The largest absolute Gasteiger partial charge is 0.262 e. The van der Waals surface area contributed by atoms with E-state index in [4.69, 9.17) is 0 Å². The fraction of sp³-hybridized carbons (Fsp3) is 0. The number of nitrogens with zero attached hydrogens (tertiary/aromatic N) is 2. The molecule has 1 rings (SSSR count). The fourth-order valence-electron chi connectivity index (χ4n) is 0.362. The maximum absolute atomic E-state index is 3.88. The molecule has 0 fully saturated rings. The molecule has 0 atom stereocenters. The highest BCUT2D eigenvalue weighted by molar-refractivity contribution is 7.07. The second-order valence-electron chi connectivity index (χ2n) is 1.30. The minimum absolute atomic E-state index is 1.55. The van der Waals surface area contributed by atoms with Crippen molar-refractivity contribution in [2.24, 2.45) is 0 Å². The molecule has 1 heterocycles. The van der Waals surface area contributed by atoms with Crippen LogP contribution < -0.4 is 0 Å². The molecule has 0 radical (unpaired) electrons. The van der Waals surface area contributed by atoms with Gasteiger partial charge in [0.15, 0.2) is 0 Å². The van der Waals surface area contributed by atoms with Crippen LogP contribution in [0.25, 0.3) is 0 Å². The lowest BCUT2D eigenvalue weighted by Crippen LogP contribution is -1.56. The Labute approximate surface area is 57.6 Å². The summed E-state index contributed by atoms with van der Waals surface area (Å²) in [6, 6.07) is 0. The molecular weight excluding hydrogens is 132 g/mol. The van der Waals surface area contributed by atoms with Crippen LogP contribution >= 0.6 is 11.3 Å². The van der Waals surface area contributed by atoms with Crippen LogP contribution in [0.5, 0.6) is 0 Å². The summed E-state index contributed by atoms with van der Waals surface area (Å²) >= 11 is 1.55. The normalized spacial score (nSPS) is 8.00. The van der Waals surface area contributed by atoms with E-state index in [0.29, 0.717) is 0 Å². The minimum Gasteiger partial charge on any atom is -0.262 e. The van der Waals surface area contributed by atoms with Crippen LogP contribution in [0.3, 0.4) is 0 Å². The highest BCUT2D eigenvalue weighted by Crippen LogP contribution is 1.83. The predicted octanol–water partition coefficient (Wildman–Crippen LogP) is 1.66. The summed E-state index contributed by atoms with van der Waals surface area (Å²) in [6.45, 7) is 0. The summed E-state index contributed by atoms with van der Waals surface area (Å²) in [4.78, 5) is 7.75. The standard InChI is InChI=1S/C6H6N2S/c1-2-8-4-6-9-5-3-7-1/h1-6H. The van der Waals surface area contributed by atoms with Gasteiger partial charge in [-0.1, -0.05) is 0 Å². The van der Waals surface area contributed by atoms with E-state index in [2.05, 4.69) is 9.97 Å². The lowest BCUT2D eigenvalue weighted by atomic mass is 10.9. The average molecular weight is 138 g/mol. The molecule has 46 valence electrons. The van der Waals surface area contributed by atoms with Crippen LogP contribution in [0.4, 0.5) is 0 Å². The molecule has 9 heavy (non-hydrogen) atoms. The van der Waals surface area contributed by atoms with Crippen LogP contribution in [0, 0.1) is 0 Å². The molecule has 0 saturated heterocycles. The van der Waals surface area contributed by atoms with Gasteiger partial charge in [0.1, 0.15) is 0 Å². The van der Waals surface area contributed by atoms with E-state index in [1.807, 2.05) is 10.8 Å². The summed E-state index contributed by atoms with van der Waals surface area (Å²) in [7, 11) is 0. The molecule has 0 saturated carbocycles. The van der Waals surface area contributed by atoms with E-state index >= 15 is 0 Å². The first kappa shape index (κ1) is 6.16. The zero-order valence-electron chi connectivity index (χ0n) is 4.77. The lowest BCUT2D eigenvalue weighted by Gasteiger charge is -1.60. The molecule has 1 aromatic rings. The van der Waals surface area contributed by atoms with Gasteiger partial charge in [-0.15, -0.1) is 11.3 Å². The maximum Gasteiger partial charge on any atom is 0.0451 e. The van der Waals surface area contributed by atoms with Crippen LogP contribution in [-0.4, -0.2) is 9.97 Å². The maximum atomic E-state index is 3.88. The topological polar surface area (TPSA) is 25.8 Å². The zero-order valence-corrected chi connectivity index (χ0v) is 5.58. The molecule has 1 aromatic heterocycles. The van der Waals surface area contributed by atoms with Gasteiger partial charge in [0.2, 0.25) is 0 Å². The first-order valence-electron chi connectivity index (χ1n) is 2.50. The van der Waals surface area contributed by atoms with Crippen molar-refractivity contribution >= 4 is 11.3 Å². The molecule has 0 spiro atoms. The summed E-state index contributed by atoms with van der Waals surface area (Å²) in [6.07, 6.45) is 6.75. The molecule has 0 aliphatic heterocycles. The van der Waals surface area contributed by atoms with Crippen molar-refractivity contribution in [3.05, 3.63) is 35.5 Å².